The van der Waals surface area contributed by atoms with Crippen LogP contribution in [0.5, 0.6) is 0 Å². The molecule has 0 radical (unpaired) electrons. The van der Waals surface area contributed by atoms with Crippen LogP contribution in [0.2, 0.25) is 0 Å². The highest BCUT2D eigenvalue weighted by molar-refractivity contribution is 7.80. The number of amides is 2. The lowest BCUT2D eigenvalue weighted by Crippen LogP contribution is -2.49. The van der Waals surface area contributed by atoms with Crippen molar-refractivity contribution in [3.05, 3.63) is 71.8 Å². The maximum Gasteiger partial charge on any atom is 0.417 e. The van der Waals surface area contributed by atoms with Gasteiger partial charge in [0.2, 0.25) is 11.7 Å². The van der Waals surface area contributed by atoms with Crippen LogP contribution in [0.3, 0.4) is 0 Å². The summed E-state index contributed by atoms with van der Waals surface area (Å²) in [4.78, 5) is 24.7. The van der Waals surface area contributed by atoms with Gasteiger partial charge in [-0.05, 0) is 35.1 Å². The van der Waals surface area contributed by atoms with Crippen molar-refractivity contribution in [1.29, 1.82) is 0 Å². The molecule has 1 aromatic heterocycles. The van der Waals surface area contributed by atoms with E-state index in [1.54, 1.807) is 6.08 Å². The number of alkyl halides is 3. The molecular formula is C20H16F3N7O2S. The fourth-order valence-corrected chi connectivity index (χ4v) is 2.71. The van der Waals surface area contributed by atoms with Gasteiger partial charge in [-0.25, -0.2) is 0 Å². The van der Waals surface area contributed by atoms with Gasteiger partial charge in [0.15, 0.2) is 5.11 Å². The fourth-order valence-electron chi connectivity index (χ4n) is 2.56. The van der Waals surface area contributed by atoms with Crippen LogP contribution in [-0.2, 0) is 22.3 Å². The number of carbonyl (C=O) groups is 2. The van der Waals surface area contributed by atoms with Crippen molar-refractivity contribution in [1.82, 2.24) is 36.4 Å². The molecule has 0 aliphatic carbocycles. The number of hydrogen-bond donors (Lipinski definition) is 3. The molecule has 2 amide bonds. The van der Waals surface area contributed by atoms with Crippen LogP contribution in [0.4, 0.5) is 13.2 Å². The van der Waals surface area contributed by atoms with Crippen molar-refractivity contribution >= 4 is 35.2 Å². The molecule has 0 unspecified atom stereocenters. The minimum atomic E-state index is -4.60. The zero-order chi connectivity index (χ0) is 23.8. The molecule has 0 fully saturated rings. The van der Waals surface area contributed by atoms with Gasteiger partial charge in [-0.2, -0.15) is 18.0 Å². The third-order valence-corrected chi connectivity index (χ3v) is 4.19. The number of halogens is 3. The zero-order valence-corrected chi connectivity index (χ0v) is 17.5. The SMILES string of the molecule is O=C(/C=C/c1ccccc1)NC(=S)NNC(=O)Cn1nnc(-c2ccccc2C(F)(F)F)n1. The number of tetrazole rings is 1. The van der Waals surface area contributed by atoms with Crippen LogP contribution in [-0.4, -0.2) is 37.1 Å². The van der Waals surface area contributed by atoms with Crippen molar-refractivity contribution < 1.29 is 22.8 Å². The Morgan fingerprint density at radius 3 is 2.45 bits per heavy atom. The highest BCUT2D eigenvalue weighted by Gasteiger charge is 2.34. The Morgan fingerprint density at radius 2 is 1.73 bits per heavy atom. The third kappa shape index (κ3) is 6.93. The van der Waals surface area contributed by atoms with Gasteiger partial charge in [-0.3, -0.25) is 25.8 Å². The number of hydrazine groups is 1. The Morgan fingerprint density at radius 1 is 1.03 bits per heavy atom. The van der Waals surface area contributed by atoms with Crippen molar-refractivity contribution in [3.63, 3.8) is 0 Å². The Hall–Kier alpha value is -4.13. The first-order valence-electron chi connectivity index (χ1n) is 9.30. The minimum absolute atomic E-state index is 0.169. The second-order valence-electron chi connectivity index (χ2n) is 6.42. The number of aromatic nitrogens is 4. The van der Waals surface area contributed by atoms with Crippen molar-refractivity contribution in [2.45, 2.75) is 12.7 Å². The van der Waals surface area contributed by atoms with Crippen molar-refractivity contribution in [2.24, 2.45) is 0 Å². The summed E-state index contributed by atoms with van der Waals surface area (Å²) >= 11 is 4.91. The topological polar surface area (TPSA) is 114 Å². The summed E-state index contributed by atoms with van der Waals surface area (Å²) in [6.45, 7) is -0.460. The van der Waals surface area contributed by atoms with Gasteiger partial charge in [0.1, 0.15) is 6.54 Å². The van der Waals surface area contributed by atoms with Crippen LogP contribution in [0, 0.1) is 0 Å². The first kappa shape index (κ1) is 23.5. The molecule has 13 heteroatoms. The Balaban J connectivity index is 1.50. The maximum atomic E-state index is 13.2. The molecule has 0 saturated heterocycles. The average molecular weight is 475 g/mol. The smallest absolute Gasteiger partial charge is 0.298 e. The molecule has 2 aromatic carbocycles. The summed E-state index contributed by atoms with van der Waals surface area (Å²) in [5.74, 6) is -1.48. The normalized spacial score (nSPS) is 11.2. The van der Waals surface area contributed by atoms with Crippen LogP contribution in [0.15, 0.2) is 60.7 Å². The van der Waals surface area contributed by atoms with E-state index in [4.69, 9.17) is 12.2 Å². The summed E-state index contributed by atoms with van der Waals surface area (Å²) < 4.78 is 39.5. The summed E-state index contributed by atoms with van der Waals surface area (Å²) in [5.41, 5.74) is 4.18. The summed E-state index contributed by atoms with van der Waals surface area (Å²) in [6, 6.07) is 13.9. The average Bonchev–Trinajstić information content (AvgIpc) is 3.25. The van der Waals surface area contributed by atoms with E-state index >= 15 is 0 Å². The predicted molar refractivity (Wildman–Crippen MR) is 116 cm³/mol. The van der Waals surface area contributed by atoms with Gasteiger partial charge in [-0.1, -0.05) is 48.5 Å². The van der Waals surface area contributed by atoms with Gasteiger partial charge in [0.05, 0.1) is 5.56 Å². The summed E-state index contributed by atoms with van der Waals surface area (Å²) in [6.07, 6.45) is -1.74. The highest BCUT2D eigenvalue weighted by Crippen LogP contribution is 2.35. The van der Waals surface area contributed by atoms with Crippen LogP contribution in [0.1, 0.15) is 11.1 Å². The van der Waals surface area contributed by atoms with E-state index < -0.39 is 30.1 Å². The summed E-state index contributed by atoms with van der Waals surface area (Å²) in [7, 11) is 0. The first-order chi connectivity index (χ1) is 15.7. The molecule has 3 aromatic rings. The largest absolute Gasteiger partial charge is 0.417 e. The van der Waals surface area contributed by atoms with Gasteiger partial charge in [0.25, 0.3) is 5.91 Å². The van der Waals surface area contributed by atoms with E-state index in [0.29, 0.717) is 0 Å². The molecule has 170 valence electrons. The molecule has 0 spiro atoms. The van der Waals surface area contributed by atoms with Crippen LogP contribution in [0.25, 0.3) is 17.5 Å². The van der Waals surface area contributed by atoms with Gasteiger partial charge < -0.3 is 0 Å². The zero-order valence-electron chi connectivity index (χ0n) is 16.7. The molecule has 3 N–H and O–H groups in total. The molecule has 1 heterocycles. The van der Waals surface area contributed by atoms with Crippen molar-refractivity contribution in [3.8, 4) is 11.4 Å². The van der Waals surface area contributed by atoms with E-state index in [1.807, 2.05) is 30.3 Å². The van der Waals surface area contributed by atoms with Gasteiger partial charge in [-0.15, -0.1) is 10.2 Å². The Bertz CT molecular complexity index is 1180. The summed E-state index contributed by atoms with van der Waals surface area (Å²) in [5, 5.41) is 13.2. The number of rotatable bonds is 5. The molecule has 0 atom stereocenters. The van der Waals surface area contributed by atoms with E-state index in [9.17, 15) is 22.8 Å². The molecule has 0 aliphatic heterocycles. The van der Waals surface area contributed by atoms with E-state index in [0.717, 1.165) is 16.4 Å². The van der Waals surface area contributed by atoms with E-state index in [-0.39, 0.29) is 16.5 Å². The van der Waals surface area contributed by atoms with Crippen LogP contribution >= 0.6 is 12.2 Å². The number of carbonyl (C=O) groups excluding carboxylic acids is 2. The molecule has 9 nitrogen and oxygen atoms in total. The lowest BCUT2D eigenvalue weighted by atomic mass is 10.1. The van der Waals surface area contributed by atoms with Gasteiger partial charge >= 0.3 is 6.18 Å². The van der Waals surface area contributed by atoms with E-state index in [1.165, 1.54) is 24.3 Å². The number of nitrogens with one attached hydrogen (secondary N) is 3. The Labute approximate surface area is 190 Å². The van der Waals surface area contributed by atoms with Gasteiger partial charge in [0, 0.05) is 11.6 Å². The lowest BCUT2D eigenvalue weighted by Gasteiger charge is -2.10. The molecule has 0 saturated carbocycles. The lowest BCUT2D eigenvalue weighted by molar-refractivity contribution is -0.137. The fraction of sp³-hybridized carbons (Fsp3) is 0.100. The van der Waals surface area contributed by atoms with Crippen molar-refractivity contribution in [2.75, 3.05) is 0 Å². The quantitative estimate of drug-likeness (QED) is 0.294. The standard InChI is InChI=1S/C20H16F3N7O2S/c21-20(22,23)15-9-5-4-8-14(15)18-26-29-30(28-18)12-17(32)25-27-19(33)24-16(31)11-10-13-6-2-1-3-7-13/h1-11H,12H2,(H,25,32)(H2,24,27,31,33)/b11-10+. The molecule has 0 aliphatic rings. The van der Waals surface area contributed by atoms with E-state index in [2.05, 4.69) is 31.6 Å². The second kappa shape index (κ2) is 10.5. The molecule has 33 heavy (non-hydrogen) atoms. The third-order valence-electron chi connectivity index (χ3n) is 3.99. The second-order valence-corrected chi connectivity index (χ2v) is 6.83. The molecule has 3 rings (SSSR count). The minimum Gasteiger partial charge on any atom is -0.298 e. The monoisotopic (exact) mass is 475 g/mol. The molecule has 0 bridgehead atoms. The number of hydrogen-bond acceptors (Lipinski definition) is 6. The molecular weight excluding hydrogens is 459 g/mol. The van der Waals surface area contributed by atoms with Crippen LogP contribution < -0.4 is 16.2 Å². The maximum absolute atomic E-state index is 13.2. The first-order valence-corrected chi connectivity index (χ1v) is 9.70. The Kier molecular flexibility index (Phi) is 7.46. The number of benzene rings is 2. The number of nitrogens with zero attached hydrogens (tertiary/aromatic N) is 4. The number of thiocarbonyl (C=S) groups is 1. The predicted octanol–water partition coefficient (Wildman–Crippen LogP) is 2.09. The highest BCUT2D eigenvalue weighted by atomic mass is 32.1.